The summed E-state index contributed by atoms with van der Waals surface area (Å²) in [5.74, 6) is -2.87. The molecule has 4 unspecified atom stereocenters. The van der Waals surface area contributed by atoms with Crippen molar-refractivity contribution in [1.29, 1.82) is 0 Å². The molecular weight excluding hydrogens is 420 g/mol. The van der Waals surface area contributed by atoms with Gasteiger partial charge in [-0.15, -0.1) is 0 Å². The molecule has 1 rings (SSSR count). The Hall–Kier alpha value is -2.59. The van der Waals surface area contributed by atoms with E-state index in [9.17, 15) is 24.3 Å². The van der Waals surface area contributed by atoms with Gasteiger partial charge in [0.1, 0.15) is 18.1 Å². The van der Waals surface area contributed by atoms with Gasteiger partial charge in [-0.2, -0.15) is 12.6 Å². The van der Waals surface area contributed by atoms with Gasteiger partial charge in [0.15, 0.2) is 0 Å². The quantitative estimate of drug-likeness (QED) is 0.247. The van der Waals surface area contributed by atoms with E-state index in [0.29, 0.717) is 0 Å². The van der Waals surface area contributed by atoms with Crippen LogP contribution in [0.4, 0.5) is 0 Å². The molecule has 0 bridgehead atoms. The second-order valence-corrected chi connectivity index (χ2v) is 8.18. The average molecular weight is 453 g/mol. The Balaban J connectivity index is 3.01. The summed E-state index contributed by atoms with van der Waals surface area (Å²) in [6, 6.07) is 5.06. The first-order valence-corrected chi connectivity index (χ1v) is 10.7. The SMILES string of the molecule is CC(C)CC(NC(=O)C(Cc1ccccc1)NC(=O)C(CS)NC(=O)C(C)N)C(=O)O. The number of hydrogen-bond donors (Lipinski definition) is 6. The standard InChI is InChI=1S/C21H32N4O5S/c1-12(2)9-16(21(29)30)24-19(27)15(10-14-7-5-4-6-8-14)23-20(28)17(11-31)25-18(26)13(3)22/h4-8,12-13,15-17,31H,9-11,22H2,1-3H3,(H,23,28)(H,24,27)(H,25,26)(H,29,30). The second kappa shape index (κ2) is 13.0. The van der Waals surface area contributed by atoms with E-state index in [1.807, 2.05) is 19.9 Å². The predicted octanol–water partition coefficient (Wildman–Crippen LogP) is 0.0912. The Morgan fingerprint density at radius 2 is 1.42 bits per heavy atom. The second-order valence-electron chi connectivity index (χ2n) is 7.81. The highest BCUT2D eigenvalue weighted by Gasteiger charge is 2.30. The van der Waals surface area contributed by atoms with E-state index in [1.54, 1.807) is 24.3 Å². The van der Waals surface area contributed by atoms with Crippen molar-refractivity contribution in [2.24, 2.45) is 11.7 Å². The van der Waals surface area contributed by atoms with Crippen molar-refractivity contribution in [3.63, 3.8) is 0 Å². The van der Waals surface area contributed by atoms with Crippen LogP contribution in [-0.2, 0) is 25.6 Å². The zero-order chi connectivity index (χ0) is 23.6. The van der Waals surface area contributed by atoms with Gasteiger partial charge in [0.25, 0.3) is 0 Å². The van der Waals surface area contributed by atoms with E-state index >= 15 is 0 Å². The number of carboxylic acid groups (broad SMARTS) is 1. The van der Waals surface area contributed by atoms with Crippen molar-refractivity contribution in [2.75, 3.05) is 5.75 Å². The number of carbonyl (C=O) groups excluding carboxylic acids is 3. The molecule has 0 saturated heterocycles. The first-order valence-electron chi connectivity index (χ1n) is 10.1. The molecule has 0 heterocycles. The first kappa shape index (κ1) is 26.4. The number of aliphatic carboxylic acids is 1. The number of thiol groups is 1. The number of hydrogen-bond acceptors (Lipinski definition) is 6. The van der Waals surface area contributed by atoms with Gasteiger partial charge in [-0.3, -0.25) is 14.4 Å². The molecule has 0 aromatic heterocycles. The summed E-state index contributed by atoms with van der Waals surface area (Å²) in [5, 5.41) is 17.0. The Morgan fingerprint density at radius 1 is 0.903 bits per heavy atom. The van der Waals surface area contributed by atoms with Gasteiger partial charge in [0, 0.05) is 12.2 Å². The molecule has 3 amide bonds. The number of nitrogens with one attached hydrogen (secondary N) is 3. The van der Waals surface area contributed by atoms with Crippen LogP contribution in [0.5, 0.6) is 0 Å². The van der Waals surface area contributed by atoms with Crippen LogP contribution in [0.15, 0.2) is 30.3 Å². The zero-order valence-electron chi connectivity index (χ0n) is 18.0. The lowest BCUT2D eigenvalue weighted by molar-refractivity contribution is -0.142. The summed E-state index contributed by atoms with van der Waals surface area (Å²) in [5.41, 5.74) is 6.30. The van der Waals surface area contributed by atoms with Crippen LogP contribution in [0.25, 0.3) is 0 Å². The molecule has 0 aliphatic heterocycles. The molecule has 9 nitrogen and oxygen atoms in total. The van der Waals surface area contributed by atoms with Gasteiger partial charge in [-0.1, -0.05) is 44.2 Å². The van der Waals surface area contributed by atoms with E-state index < -0.39 is 47.9 Å². The number of carboxylic acids is 1. The largest absolute Gasteiger partial charge is 0.480 e. The molecule has 0 fully saturated rings. The molecule has 6 N–H and O–H groups in total. The van der Waals surface area contributed by atoms with E-state index in [-0.39, 0.29) is 24.5 Å². The Labute approximate surface area is 187 Å². The number of rotatable bonds is 12. The van der Waals surface area contributed by atoms with Gasteiger partial charge in [-0.25, -0.2) is 4.79 Å². The minimum Gasteiger partial charge on any atom is -0.480 e. The van der Waals surface area contributed by atoms with Crippen LogP contribution in [0.2, 0.25) is 0 Å². The molecule has 1 aromatic carbocycles. The van der Waals surface area contributed by atoms with E-state index in [4.69, 9.17) is 5.73 Å². The van der Waals surface area contributed by atoms with Crippen LogP contribution in [0.1, 0.15) is 32.8 Å². The molecular formula is C21H32N4O5S. The Kier molecular flexibility index (Phi) is 11.1. The highest BCUT2D eigenvalue weighted by Crippen LogP contribution is 2.08. The van der Waals surface area contributed by atoms with Gasteiger partial charge in [0.05, 0.1) is 6.04 Å². The summed E-state index contributed by atoms with van der Waals surface area (Å²) in [4.78, 5) is 49.0. The lowest BCUT2D eigenvalue weighted by Gasteiger charge is -2.25. The number of amides is 3. The highest BCUT2D eigenvalue weighted by atomic mass is 32.1. The van der Waals surface area contributed by atoms with E-state index in [2.05, 4.69) is 28.6 Å². The summed E-state index contributed by atoms with van der Waals surface area (Å²) >= 11 is 4.10. The van der Waals surface area contributed by atoms with Crippen molar-refractivity contribution in [2.45, 2.75) is 57.8 Å². The highest BCUT2D eigenvalue weighted by molar-refractivity contribution is 7.80. The lowest BCUT2D eigenvalue weighted by Crippen LogP contribution is -2.58. The zero-order valence-corrected chi connectivity index (χ0v) is 18.9. The van der Waals surface area contributed by atoms with Crippen LogP contribution in [0.3, 0.4) is 0 Å². The minimum atomic E-state index is -1.15. The third-order valence-electron chi connectivity index (χ3n) is 4.47. The van der Waals surface area contributed by atoms with Crippen LogP contribution < -0.4 is 21.7 Å². The number of carbonyl (C=O) groups is 4. The van der Waals surface area contributed by atoms with Crippen molar-refractivity contribution in [1.82, 2.24) is 16.0 Å². The van der Waals surface area contributed by atoms with Crippen LogP contribution in [0, 0.1) is 5.92 Å². The molecule has 0 spiro atoms. The molecule has 31 heavy (non-hydrogen) atoms. The lowest BCUT2D eigenvalue weighted by atomic mass is 10.0. The average Bonchev–Trinajstić information content (AvgIpc) is 2.70. The summed E-state index contributed by atoms with van der Waals surface area (Å²) in [7, 11) is 0. The van der Waals surface area contributed by atoms with Crippen molar-refractivity contribution >= 4 is 36.3 Å². The third kappa shape index (κ3) is 9.39. The van der Waals surface area contributed by atoms with Crippen molar-refractivity contribution < 1.29 is 24.3 Å². The topological polar surface area (TPSA) is 151 Å². The molecule has 10 heteroatoms. The fraction of sp³-hybridized carbons (Fsp3) is 0.524. The summed E-state index contributed by atoms with van der Waals surface area (Å²) in [6.07, 6.45) is 0.393. The van der Waals surface area contributed by atoms with Gasteiger partial charge >= 0.3 is 5.97 Å². The maximum atomic E-state index is 12.9. The summed E-state index contributed by atoms with van der Waals surface area (Å²) < 4.78 is 0. The molecule has 4 atom stereocenters. The molecule has 1 aromatic rings. The maximum Gasteiger partial charge on any atom is 0.326 e. The monoisotopic (exact) mass is 452 g/mol. The normalized spacial score (nSPS) is 14.8. The Bertz CT molecular complexity index is 757. The molecule has 0 radical (unpaired) electrons. The smallest absolute Gasteiger partial charge is 0.326 e. The Morgan fingerprint density at radius 3 is 1.90 bits per heavy atom. The predicted molar refractivity (Wildman–Crippen MR) is 121 cm³/mol. The first-order chi connectivity index (χ1) is 14.5. The molecule has 172 valence electrons. The minimum absolute atomic E-state index is 0.00489. The fourth-order valence-electron chi connectivity index (χ4n) is 2.79. The van der Waals surface area contributed by atoms with Crippen molar-refractivity contribution in [3.8, 4) is 0 Å². The molecule has 0 aliphatic carbocycles. The third-order valence-corrected chi connectivity index (χ3v) is 4.83. The van der Waals surface area contributed by atoms with Crippen molar-refractivity contribution in [3.05, 3.63) is 35.9 Å². The van der Waals surface area contributed by atoms with Gasteiger partial charge < -0.3 is 26.8 Å². The van der Waals surface area contributed by atoms with Crippen LogP contribution in [-0.4, -0.2) is 58.7 Å². The number of benzene rings is 1. The molecule has 0 saturated carbocycles. The maximum absolute atomic E-state index is 12.9. The number of nitrogens with two attached hydrogens (primary N) is 1. The van der Waals surface area contributed by atoms with E-state index in [0.717, 1.165) is 5.56 Å². The molecule has 0 aliphatic rings. The fourth-order valence-corrected chi connectivity index (χ4v) is 3.05. The van der Waals surface area contributed by atoms with Gasteiger partial charge in [0.2, 0.25) is 17.7 Å². The van der Waals surface area contributed by atoms with E-state index in [1.165, 1.54) is 6.92 Å². The van der Waals surface area contributed by atoms with Crippen LogP contribution >= 0.6 is 12.6 Å². The van der Waals surface area contributed by atoms with Gasteiger partial charge in [-0.05, 0) is 24.8 Å². The summed E-state index contributed by atoms with van der Waals surface area (Å²) in [6.45, 7) is 5.18.